The molecule has 0 spiro atoms. The number of β-amino-alcohol motifs (C(OH)–C–C–N with tert-alkyl or cyclic N) is 1. The minimum absolute atomic E-state index is 0.191. The Morgan fingerprint density at radius 2 is 2.17 bits per heavy atom. The minimum Gasteiger partial charge on any atom is -0.390 e. The number of rotatable bonds is 6. The number of aliphatic hydroxyl groups is 1. The summed E-state index contributed by atoms with van der Waals surface area (Å²) in [7, 11) is 0. The monoisotopic (exact) mass is 329 g/mol. The lowest BCUT2D eigenvalue weighted by molar-refractivity contribution is 0.0842. The SMILES string of the molecule is O=C(NC[C@@H](O)CN1CCNCC1)c1cccc(-n2cccn2)c1. The number of benzene rings is 1. The first-order chi connectivity index (χ1) is 11.7. The molecule has 0 aliphatic carbocycles. The average Bonchev–Trinajstić information content (AvgIpc) is 3.15. The highest BCUT2D eigenvalue weighted by Crippen LogP contribution is 2.09. The maximum Gasteiger partial charge on any atom is 0.251 e. The third-order valence-corrected chi connectivity index (χ3v) is 4.05. The first-order valence-corrected chi connectivity index (χ1v) is 8.22. The fourth-order valence-electron chi connectivity index (χ4n) is 2.78. The third-order valence-electron chi connectivity index (χ3n) is 4.05. The van der Waals surface area contributed by atoms with Crippen LogP contribution in [-0.2, 0) is 0 Å². The summed E-state index contributed by atoms with van der Waals surface area (Å²) in [6, 6.07) is 9.08. The fraction of sp³-hybridized carbons (Fsp3) is 0.412. The highest BCUT2D eigenvalue weighted by atomic mass is 16.3. The molecule has 0 radical (unpaired) electrons. The summed E-state index contributed by atoms with van der Waals surface area (Å²) in [5.74, 6) is -0.191. The van der Waals surface area contributed by atoms with E-state index >= 15 is 0 Å². The van der Waals surface area contributed by atoms with Crippen LogP contribution < -0.4 is 10.6 Å². The molecule has 3 N–H and O–H groups in total. The number of hydrogen-bond acceptors (Lipinski definition) is 5. The zero-order chi connectivity index (χ0) is 16.8. The summed E-state index contributed by atoms with van der Waals surface area (Å²) >= 11 is 0. The van der Waals surface area contributed by atoms with Gasteiger partial charge in [-0.1, -0.05) is 6.07 Å². The molecule has 1 fully saturated rings. The van der Waals surface area contributed by atoms with E-state index in [1.54, 1.807) is 23.0 Å². The first kappa shape index (κ1) is 16.6. The van der Waals surface area contributed by atoms with Crippen LogP contribution in [0, 0.1) is 0 Å². The molecule has 1 aliphatic rings. The molecule has 1 aliphatic heterocycles. The lowest BCUT2D eigenvalue weighted by atomic mass is 10.2. The number of amides is 1. The molecule has 0 unspecified atom stereocenters. The molecule has 3 rings (SSSR count). The number of carbonyl (C=O) groups excluding carboxylic acids is 1. The van der Waals surface area contributed by atoms with Gasteiger partial charge >= 0.3 is 0 Å². The van der Waals surface area contributed by atoms with Crippen molar-refractivity contribution in [2.24, 2.45) is 0 Å². The second kappa shape index (κ2) is 8.05. The van der Waals surface area contributed by atoms with E-state index in [9.17, 15) is 9.90 Å². The average molecular weight is 329 g/mol. The van der Waals surface area contributed by atoms with Gasteiger partial charge in [-0.05, 0) is 24.3 Å². The summed E-state index contributed by atoms with van der Waals surface area (Å²) in [5, 5.41) is 20.3. The van der Waals surface area contributed by atoms with E-state index in [1.807, 2.05) is 24.4 Å². The largest absolute Gasteiger partial charge is 0.390 e. The molecule has 24 heavy (non-hydrogen) atoms. The highest BCUT2D eigenvalue weighted by Gasteiger charge is 2.15. The van der Waals surface area contributed by atoms with Crippen molar-refractivity contribution in [3.63, 3.8) is 0 Å². The van der Waals surface area contributed by atoms with Gasteiger partial charge in [0.05, 0.1) is 11.8 Å². The van der Waals surface area contributed by atoms with Crippen LogP contribution in [0.25, 0.3) is 5.69 Å². The number of nitrogens with one attached hydrogen (secondary N) is 2. The van der Waals surface area contributed by atoms with Crippen molar-refractivity contribution >= 4 is 5.91 Å². The van der Waals surface area contributed by atoms with Crippen molar-refractivity contribution in [2.75, 3.05) is 39.3 Å². The Morgan fingerprint density at radius 1 is 1.33 bits per heavy atom. The number of aliphatic hydroxyl groups excluding tert-OH is 1. The van der Waals surface area contributed by atoms with Crippen molar-refractivity contribution in [1.29, 1.82) is 0 Å². The number of hydrogen-bond donors (Lipinski definition) is 3. The van der Waals surface area contributed by atoms with Gasteiger partial charge in [-0.2, -0.15) is 5.10 Å². The quantitative estimate of drug-likeness (QED) is 0.688. The van der Waals surface area contributed by atoms with Gasteiger partial charge in [0.15, 0.2) is 0 Å². The van der Waals surface area contributed by atoms with E-state index in [1.165, 1.54) is 0 Å². The van der Waals surface area contributed by atoms with E-state index in [0.717, 1.165) is 31.9 Å². The molecule has 0 bridgehead atoms. The topological polar surface area (TPSA) is 82.4 Å². The highest BCUT2D eigenvalue weighted by molar-refractivity contribution is 5.94. The third kappa shape index (κ3) is 4.41. The molecular weight excluding hydrogens is 306 g/mol. The summed E-state index contributed by atoms with van der Waals surface area (Å²) in [6.07, 6.45) is 2.95. The van der Waals surface area contributed by atoms with Crippen LogP contribution in [0.15, 0.2) is 42.7 Å². The smallest absolute Gasteiger partial charge is 0.251 e. The first-order valence-electron chi connectivity index (χ1n) is 8.22. The molecule has 1 aromatic heterocycles. The van der Waals surface area contributed by atoms with Gasteiger partial charge in [0, 0.05) is 57.2 Å². The van der Waals surface area contributed by atoms with Crippen LogP contribution in [0.1, 0.15) is 10.4 Å². The molecule has 7 heteroatoms. The van der Waals surface area contributed by atoms with Crippen LogP contribution in [0.2, 0.25) is 0 Å². The van der Waals surface area contributed by atoms with Gasteiger partial charge < -0.3 is 15.7 Å². The van der Waals surface area contributed by atoms with Crippen LogP contribution in [0.3, 0.4) is 0 Å². The van der Waals surface area contributed by atoms with E-state index in [4.69, 9.17) is 0 Å². The van der Waals surface area contributed by atoms with Crippen LogP contribution in [0.5, 0.6) is 0 Å². The summed E-state index contributed by atoms with van der Waals surface area (Å²) < 4.78 is 1.70. The fourth-order valence-corrected chi connectivity index (χ4v) is 2.78. The Labute approximate surface area is 141 Å². The standard InChI is InChI=1S/C17H23N5O2/c23-16(13-21-9-6-18-7-10-21)12-19-17(24)14-3-1-4-15(11-14)22-8-2-5-20-22/h1-5,8,11,16,18,23H,6-7,9-10,12-13H2,(H,19,24)/t16-/m1/s1. The molecule has 1 atom stereocenters. The molecule has 0 saturated carbocycles. The van der Waals surface area contributed by atoms with Crippen molar-refractivity contribution < 1.29 is 9.90 Å². The van der Waals surface area contributed by atoms with Crippen molar-refractivity contribution in [3.05, 3.63) is 48.3 Å². The van der Waals surface area contributed by atoms with Gasteiger partial charge in [0.2, 0.25) is 0 Å². The van der Waals surface area contributed by atoms with Crippen LogP contribution in [-0.4, -0.2) is 71.1 Å². The normalized spacial score (nSPS) is 16.7. The Morgan fingerprint density at radius 3 is 2.92 bits per heavy atom. The zero-order valence-corrected chi connectivity index (χ0v) is 13.6. The van der Waals surface area contributed by atoms with E-state index in [0.29, 0.717) is 12.1 Å². The maximum absolute atomic E-state index is 12.3. The molecule has 1 saturated heterocycles. The second-order valence-corrected chi connectivity index (χ2v) is 5.92. The predicted octanol–water partition coefficient (Wildman–Crippen LogP) is -0.132. The van der Waals surface area contributed by atoms with Gasteiger partial charge in [-0.25, -0.2) is 4.68 Å². The van der Waals surface area contributed by atoms with Crippen LogP contribution in [0.4, 0.5) is 0 Å². The zero-order valence-electron chi connectivity index (χ0n) is 13.6. The number of carbonyl (C=O) groups is 1. The molecule has 2 aromatic rings. The molecule has 1 aromatic carbocycles. The molecule has 7 nitrogen and oxygen atoms in total. The van der Waals surface area contributed by atoms with E-state index < -0.39 is 6.10 Å². The van der Waals surface area contributed by atoms with Gasteiger partial charge in [-0.3, -0.25) is 9.69 Å². The molecule has 128 valence electrons. The number of nitrogens with zero attached hydrogens (tertiary/aromatic N) is 3. The van der Waals surface area contributed by atoms with Crippen molar-refractivity contribution in [1.82, 2.24) is 25.3 Å². The predicted molar refractivity (Wildman–Crippen MR) is 91.2 cm³/mol. The Balaban J connectivity index is 1.52. The molecular formula is C17H23N5O2. The molecule has 1 amide bonds. The van der Waals surface area contributed by atoms with Gasteiger partial charge in [0.25, 0.3) is 5.91 Å². The maximum atomic E-state index is 12.3. The van der Waals surface area contributed by atoms with Crippen molar-refractivity contribution in [3.8, 4) is 5.69 Å². The number of aromatic nitrogens is 2. The van der Waals surface area contributed by atoms with Gasteiger partial charge in [0.1, 0.15) is 0 Å². The lowest BCUT2D eigenvalue weighted by Crippen LogP contribution is -2.48. The Hall–Kier alpha value is -2.22. The second-order valence-electron chi connectivity index (χ2n) is 5.92. The Kier molecular flexibility index (Phi) is 5.58. The van der Waals surface area contributed by atoms with Crippen LogP contribution >= 0.6 is 0 Å². The lowest BCUT2D eigenvalue weighted by Gasteiger charge is -2.29. The number of piperazine rings is 1. The van der Waals surface area contributed by atoms with E-state index in [-0.39, 0.29) is 12.5 Å². The van der Waals surface area contributed by atoms with E-state index in [2.05, 4.69) is 20.6 Å². The van der Waals surface area contributed by atoms with Gasteiger partial charge in [-0.15, -0.1) is 0 Å². The minimum atomic E-state index is -0.568. The molecule has 2 heterocycles. The summed E-state index contributed by atoms with van der Waals surface area (Å²) in [5.41, 5.74) is 1.38. The van der Waals surface area contributed by atoms with Crippen molar-refractivity contribution in [2.45, 2.75) is 6.10 Å². The summed E-state index contributed by atoms with van der Waals surface area (Å²) in [6.45, 7) is 4.57. The Bertz CT molecular complexity index is 653. The summed E-state index contributed by atoms with van der Waals surface area (Å²) in [4.78, 5) is 14.5.